The van der Waals surface area contributed by atoms with Crippen molar-refractivity contribution in [3.63, 3.8) is 0 Å². The number of nitrogens with zero attached hydrogens (tertiary/aromatic N) is 4. The number of likely N-dealkylation sites (tertiary alicyclic amines) is 1. The van der Waals surface area contributed by atoms with E-state index in [0.29, 0.717) is 31.1 Å². The van der Waals surface area contributed by atoms with Crippen LogP contribution in [0.25, 0.3) is 0 Å². The summed E-state index contributed by atoms with van der Waals surface area (Å²) < 4.78 is 7.12. The van der Waals surface area contributed by atoms with Crippen LogP contribution in [0.1, 0.15) is 35.3 Å². The summed E-state index contributed by atoms with van der Waals surface area (Å²) in [5, 5.41) is 10.3. The molecule has 2 aliphatic heterocycles. The van der Waals surface area contributed by atoms with E-state index in [4.69, 9.17) is 4.42 Å². The Morgan fingerprint density at radius 3 is 2.73 bits per heavy atom. The number of nitrogens with one attached hydrogen (secondary N) is 2. The highest BCUT2D eigenvalue weighted by Crippen LogP contribution is 2.47. The van der Waals surface area contributed by atoms with Crippen LogP contribution in [0, 0.1) is 5.41 Å². The van der Waals surface area contributed by atoms with Crippen molar-refractivity contribution in [1.29, 1.82) is 0 Å². The second-order valence-corrected chi connectivity index (χ2v) is 7.81. The van der Waals surface area contributed by atoms with Gasteiger partial charge in [-0.1, -0.05) is 18.2 Å². The summed E-state index contributed by atoms with van der Waals surface area (Å²) >= 11 is 0. The number of aromatic nitrogens is 3. The number of urea groups is 1. The first-order valence-electron chi connectivity index (χ1n) is 9.98. The monoisotopic (exact) mass is 406 g/mol. The third kappa shape index (κ3) is 3.22. The summed E-state index contributed by atoms with van der Waals surface area (Å²) in [6, 6.07) is 12.0. The Balaban J connectivity index is 1.38. The fourth-order valence-corrected chi connectivity index (χ4v) is 4.52. The van der Waals surface area contributed by atoms with Crippen LogP contribution in [0.15, 0.2) is 59.5 Å². The van der Waals surface area contributed by atoms with Gasteiger partial charge in [0.15, 0.2) is 5.76 Å². The van der Waals surface area contributed by atoms with Crippen LogP contribution in [-0.2, 0) is 6.54 Å². The zero-order valence-electron chi connectivity index (χ0n) is 16.3. The van der Waals surface area contributed by atoms with E-state index in [9.17, 15) is 9.59 Å². The smallest absolute Gasteiger partial charge is 0.319 e. The van der Waals surface area contributed by atoms with Gasteiger partial charge in [-0.2, -0.15) is 5.10 Å². The molecule has 1 saturated heterocycles. The maximum atomic E-state index is 12.8. The Morgan fingerprint density at radius 2 is 1.93 bits per heavy atom. The molecule has 1 spiro atoms. The van der Waals surface area contributed by atoms with Gasteiger partial charge in [-0.3, -0.25) is 4.79 Å². The van der Waals surface area contributed by atoms with E-state index in [2.05, 4.69) is 20.7 Å². The first-order valence-corrected chi connectivity index (χ1v) is 9.98. The number of benzene rings is 1. The molecule has 1 aromatic carbocycles. The highest BCUT2D eigenvalue weighted by molar-refractivity contribution is 5.92. The van der Waals surface area contributed by atoms with E-state index < -0.39 is 0 Å². The normalized spacial score (nSPS) is 22.7. The van der Waals surface area contributed by atoms with Crippen molar-refractivity contribution in [2.24, 2.45) is 5.41 Å². The van der Waals surface area contributed by atoms with Crippen LogP contribution in [0.3, 0.4) is 0 Å². The minimum atomic E-state index is -0.355. The largest absolute Gasteiger partial charge is 0.459 e. The molecule has 9 nitrogen and oxygen atoms in total. The second kappa shape index (κ2) is 7.33. The third-order valence-corrected chi connectivity index (χ3v) is 6.05. The van der Waals surface area contributed by atoms with Crippen LogP contribution < -0.4 is 10.6 Å². The number of amides is 3. The lowest BCUT2D eigenvalue weighted by atomic mass is 9.74. The highest BCUT2D eigenvalue weighted by Gasteiger charge is 2.51. The number of aryl methyl sites for hydroxylation is 1. The number of anilines is 1. The Bertz CT molecular complexity index is 1050. The number of hydrogen-bond acceptors (Lipinski definition) is 5. The van der Waals surface area contributed by atoms with Crippen molar-refractivity contribution in [2.45, 2.75) is 25.4 Å². The molecule has 154 valence electrons. The topological polar surface area (TPSA) is 105 Å². The van der Waals surface area contributed by atoms with Crippen LogP contribution in [0.2, 0.25) is 0 Å². The number of fused-ring (bicyclic) bond motifs is 1. The van der Waals surface area contributed by atoms with Gasteiger partial charge in [0.1, 0.15) is 12.2 Å². The maximum absolute atomic E-state index is 12.8. The van der Waals surface area contributed by atoms with Crippen molar-refractivity contribution in [3.05, 3.63) is 66.6 Å². The molecule has 0 aliphatic carbocycles. The average molecular weight is 406 g/mol. The van der Waals surface area contributed by atoms with Crippen molar-refractivity contribution in [2.75, 3.05) is 18.4 Å². The van der Waals surface area contributed by atoms with Gasteiger partial charge in [0.2, 0.25) is 0 Å². The lowest BCUT2D eigenvalue weighted by Crippen LogP contribution is -2.49. The van der Waals surface area contributed by atoms with Crippen molar-refractivity contribution in [3.8, 4) is 0 Å². The van der Waals surface area contributed by atoms with E-state index in [-0.39, 0.29) is 23.4 Å². The fourth-order valence-electron chi connectivity index (χ4n) is 4.52. The van der Waals surface area contributed by atoms with Crippen LogP contribution in [0.5, 0.6) is 0 Å². The molecule has 9 heteroatoms. The number of carbonyl (C=O) groups is 2. The van der Waals surface area contributed by atoms with Crippen LogP contribution in [-0.4, -0.2) is 44.7 Å². The van der Waals surface area contributed by atoms with Gasteiger partial charge in [0.25, 0.3) is 5.91 Å². The van der Waals surface area contributed by atoms with E-state index >= 15 is 0 Å². The number of hydrogen-bond donors (Lipinski definition) is 2. The molecule has 2 aliphatic rings. The van der Waals surface area contributed by atoms with Gasteiger partial charge in [0.05, 0.1) is 12.3 Å². The zero-order chi connectivity index (χ0) is 20.6. The minimum Gasteiger partial charge on any atom is -0.459 e. The van der Waals surface area contributed by atoms with E-state index in [1.165, 1.54) is 12.6 Å². The molecule has 0 bridgehead atoms. The first-order chi connectivity index (χ1) is 14.6. The summed E-state index contributed by atoms with van der Waals surface area (Å²) in [6.07, 6.45) is 4.57. The van der Waals surface area contributed by atoms with Gasteiger partial charge in [0, 0.05) is 30.7 Å². The average Bonchev–Trinajstić information content (AvgIpc) is 3.52. The molecule has 5 rings (SSSR count). The number of rotatable bonds is 3. The molecule has 30 heavy (non-hydrogen) atoms. The molecule has 0 unspecified atom stereocenters. The molecular weight excluding hydrogens is 384 g/mol. The van der Waals surface area contributed by atoms with E-state index in [0.717, 1.165) is 18.7 Å². The molecule has 4 heterocycles. The quantitative estimate of drug-likeness (QED) is 0.696. The Hall–Kier alpha value is -3.62. The van der Waals surface area contributed by atoms with Gasteiger partial charge in [-0.05, 0) is 37.1 Å². The molecule has 2 atom stereocenters. The lowest BCUT2D eigenvalue weighted by molar-refractivity contribution is 0.0704. The third-order valence-electron chi connectivity index (χ3n) is 6.05. The number of furan rings is 1. The van der Waals surface area contributed by atoms with Crippen LogP contribution in [0.4, 0.5) is 10.5 Å². The molecule has 0 saturated carbocycles. The summed E-state index contributed by atoms with van der Waals surface area (Å²) in [6.45, 7) is 1.83. The van der Waals surface area contributed by atoms with Gasteiger partial charge >= 0.3 is 6.03 Å². The van der Waals surface area contributed by atoms with Crippen molar-refractivity contribution >= 4 is 17.6 Å². The van der Waals surface area contributed by atoms with Crippen molar-refractivity contribution in [1.82, 2.24) is 25.0 Å². The Morgan fingerprint density at radius 1 is 1.10 bits per heavy atom. The summed E-state index contributed by atoms with van der Waals surface area (Å²) in [5.41, 5.74) is 0.404. The predicted octanol–water partition coefficient (Wildman–Crippen LogP) is 2.67. The van der Waals surface area contributed by atoms with Crippen LogP contribution >= 0.6 is 0 Å². The SMILES string of the molecule is O=C(Nc1ccccc1)N[C@H]1c2ncnn2CC[C@@]12CCN(C(=O)c1ccco1)C2. The van der Waals surface area contributed by atoms with Gasteiger partial charge in [-0.25, -0.2) is 14.5 Å². The Labute approximate surface area is 173 Å². The van der Waals surface area contributed by atoms with E-state index in [1.54, 1.807) is 17.0 Å². The van der Waals surface area contributed by atoms with Gasteiger partial charge in [-0.15, -0.1) is 0 Å². The molecular formula is C21H22N6O3. The van der Waals surface area contributed by atoms with Gasteiger partial charge < -0.3 is 20.0 Å². The lowest BCUT2D eigenvalue weighted by Gasteiger charge is -2.40. The Kier molecular flexibility index (Phi) is 4.50. The molecule has 3 amide bonds. The summed E-state index contributed by atoms with van der Waals surface area (Å²) in [4.78, 5) is 31.8. The second-order valence-electron chi connectivity index (χ2n) is 7.81. The molecule has 2 aromatic heterocycles. The minimum absolute atomic E-state index is 0.128. The standard InChI is InChI=1S/C21H22N6O3/c28-19(16-7-4-12-30-16)26-10-8-21(13-26)9-11-27-18(22-14-23-27)17(21)25-20(29)24-15-5-2-1-3-6-15/h1-7,12,14,17H,8-11,13H2,(H2,24,25,29)/t17-,21+/m0/s1. The highest BCUT2D eigenvalue weighted by atomic mass is 16.3. The fraction of sp³-hybridized carbons (Fsp3) is 0.333. The molecule has 0 radical (unpaired) electrons. The zero-order valence-corrected chi connectivity index (χ0v) is 16.3. The number of para-hydroxylation sites is 1. The molecule has 1 fully saturated rings. The van der Waals surface area contributed by atoms with E-state index in [1.807, 2.05) is 35.0 Å². The maximum Gasteiger partial charge on any atom is 0.319 e. The number of carbonyl (C=O) groups excluding carboxylic acids is 2. The molecule has 2 N–H and O–H groups in total. The summed E-state index contributed by atoms with van der Waals surface area (Å²) in [7, 11) is 0. The molecule has 3 aromatic rings. The predicted molar refractivity (Wildman–Crippen MR) is 108 cm³/mol. The first kappa shape index (κ1) is 18.4. The van der Waals surface area contributed by atoms with Crippen molar-refractivity contribution < 1.29 is 14.0 Å². The summed E-state index contributed by atoms with van der Waals surface area (Å²) in [5.74, 6) is 0.922.